The number of hydrogen-bond donors (Lipinski definition) is 0. The highest BCUT2D eigenvalue weighted by Gasteiger charge is 2.42. The number of alkyl halides is 1. The van der Waals surface area contributed by atoms with E-state index >= 15 is 0 Å². The van der Waals surface area contributed by atoms with Crippen molar-refractivity contribution in [3.8, 4) is 6.07 Å². The normalized spacial score (nSPS) is 40.4. The first-order chi connectivity index (χ1) is 5.40. The van der Waals surface area contributed by atoms with Gasteiger partial charge in [-0.15, -0.1) is 11.6 Å². The summed E-state index contributed by atoms with van der Waals surface area (Å²) in [6.07, 6.45) is 2.96. The Morgan fingerprint density at radius 2 is 2.00 bits per heavy atom. The number of halogens is 1. The van der Waals surface area contributed by atoms with E-state index in [0.717, 1.165) is 19.3 Å². The van der Waals surface area contributed by atoms with E-state index in [1.54, 1.807) is 0 Å². The molecule has 0 aromatic heterocycles. The molecule has 1 nitrogen and oxygen atoms in total. The SMILES string of the molecule is CC1CC(C)(C)CCC1(Cl)C#N. The van der Waals surface area contributed by atoms with Crippen LogP contribution in [0.3, 0.4) is 0 Å². The van der Waals surface area contributed by atoms with Gasteiger partial charge in [-0.2, -0.15) is 5.26 Å². The Morgan fingerprint density at radius 1 is 1.42 bits per heavy atom. The van der Waals surface area contributed by atoms with E-state index in [4.69, 9.17) is 16.9 Å². The van der Waals surface area contributed by atoms with Crippen LogP contribution in [-0.2, 0) is 0 Å². The van der Waals surface area contributed by atoms with Gasteiger partial charge in [0.05, 0.1) is 6.07 Å². The molecule has 1 aliphatic carbocycles. The van der Waals surface area contributed by atoms with Crippen LogP contribution in [0, 0.1) is 22.7 Å². The smallest absolute Gasteiger partial charge is 0.133 e. The minimum absolute atomic E-state index is 0.313. The fraction of sp³-hybridized carbons (Fsp3) is 0.900. The fourth-order valence-corrected chi connectivity index (χ4v) is 2.20. The van der Waals surface area contributed by atoms with Crippen molar-refractivity contribution in [1.29, 1.82) is 5.26 Å². The Bertz CT molecular complexity index is 216. The Labute approximate surface area is 79.7 Å². The van der Waals surface area contributed by atoms with Gasteiger partial charge in [0.2, 0.25) is 0 Å². The van der Waals surface area contributed by atoms with Gasteiger partial charge in [-0.1, -0.05) is 20.8 Å². The summed E-state index contributed by atoms with van der Waals surface area (Å²) in [7, 11) is 0. The molecular weight excluding hydrogens is 170 g/mol. The van der Waals surface area contributed by atoms with Crippen LogP contribution in [0.25, 0.3) is 0 Å². The number of hydrogen-bond acceptors (Lipinski definition) is 1. The molecule has 0 heterocycles. The van der Waals surface area contributed by atoms with E-state index in [-0.39, 0.29) is 0 Å². The lowest BCUT2D eigenvalue weighted by atomic mass is 9.68. The second kappa shape index (κ2) is 2.92. The third-order valence-electron chi connectivity index (χ3n) is 2.99. The first-order valence-corrected chi connectivity index (χ1v) is 4.88. The molecule has 0 radical (unpaired) electrons. The Kier molecular flexibility index (Phi) is 2.40. The maximum Gasteiger partial charge on any atom is 0.133 e. The lowest BCUT2D eigenvalue weighted by Gasteiger charge is -2.40. The monoisotopic (exact) mass is 185 g/mol. The van der Waals surface area contributed by atoms with Crippen molar-refractivity contribution >= 4 is 11.6 Å². The molecule has 12 heavy (non-hydrogen) atoms. The fourth-order valence-electron chi connectivity index (χ4n) is 2.03. The van der Waals surface area contributed by atoms with Crippen molar-refractivity contribution in [1.82, 2.24) is 0 Å². The van der Waals surface area contributed by atoms with E-state index in [1.165, 1.54) is 0 Å². The summed E-state index contributed by atoms with van der Waals surface area (Å²) in [5, 5.41) is 8.91. The van der Waals surface area contributed by atoms with Gasteiger partial charge in [0.1, 0.15) is 4.87 Å². The molecule has 0 amide bonds. The third-order valence-corrected chi connectivity index (χ3v) is 3.64. The maximum absolute atomic E-state index is 8.91. The third kappa shape index (κ3) is 1.75. The first kappa shape index (κ1) is 9.86. The van der Waals surface area contributed by atoms with Crippen LogP contribution >= 0.6 is 11.6 Å². The van der Waals surface area contributed by atoms with Crippen molar-refractivity contribution in [2.75, 3.05) is 0 Å². The molecule has 0 bridgehead atoms. The van der Waals surface area contributed by atoms with Crippen molar-refractivity contribution in [3.05, 3.63) is 0 Å². The molecule has 1 fully saturated rings. The Balaban J connectivity index is 2.74. The second-order valence-corrected chi connectivity index (χ2v) is 5.42. The summed E-state index contributed by atoms with van der Waals surface area (Å²) in [6, 6.07) is 2.23. The van der Waals surface area contributed by atoms with Gasteiger partial charge in [0.25, 0.3) is 0 Å². The molecule has 0 saturated heterocycles. The second-order valence-electron chi connectivity index (χ2n) is 4.74. The quantitative estimate of drug-likeness (QED) is 0.531. The van der Waals surface area contributed by atoms with Gasteiger partial charge >= 0.3 is 0 Å². The van der Waals surface area contributed by atoms with Gasteiger partial charge in [-0.3, -0.25) is 0 Å². The molecule has 2 heteroatoms. The molecule has 0 aromatic rings. The minimum atomic E-state index is -0.588. The largest absolute Gasteiger partial charge is 0.196 e. The van der Waals surface area contributed by atoms with Crippen molar-refractivity contribution in [3.63, 3.8) is 0 Å². The van der Waals surface area contributed by atoms with Crippen LogP contribution in [-0.4, -0.2) is 4.87 Å². The number of nitrogens with zero attached hydrogens (tertiary/aromatic N) is 1. The van der Waals surface area contributed by atoms with E-state index < -0.39 is 4.87 Å². The predicted octanol–water partition coefficient (Wildman–Crippen LogP) is 3.33. The Morgan fingerprint density at radius 3 is 2.42 bits per heavy atom. The molecule has 1 saturated carbocycles. The maximum atomic E-state index is 8.91. The van der Waals surface area contributed by atoms with E-state index in [0.29, 0.717) is 11.3 Å². The lowest BCUT2D eigenvalue weighted by molar-refractivity contribution is 0.170. The van der Waals surface area contributed by atoms with Crippen LogP contribution in [0.4, 0.5) is 0 Å². The molecule has 0 aromatic carbocycles. The highest BCUT2D eigenvalue weighted by Crippen LogP contribution is 2.46. The van der Waals surface area contributed by atoms with Crippen LogP contribution in [0.1, 0.15) is 40.0 Å². The van der Waals surface area contributed by atoms with Gasteiger partial charge in [0.15, 0.2) is 0 Å². The average molecular weight is 186 g/mol. The summed E-state index contributed by atoms with van der Waals surface area (Å²) in [4.78, 5) is -0.588. The highest BCUT2D eigenvalue weighted by atomic mass is 35.5. The standard InChI is InChI=1S/C10H16ClN/c1-8-6-9(2,3)4-5-10(8,11)7-12/h8H,4-6H2,1-3H3. The van der Waals surface area contributed by atoms with E-state index in [2.05, 4.69) is 26.8 Å². The van der Waals surface area contributed by atoms with Crippen molar-refractivity contribution in [2.45, 2.75) is 44.9 Å². The van der Waals surface area contributed by atoms with Gasteiger partial charge in [-0.25, -0.2) is 0 Å². The zero-order valence-electron chi connectivity index (χ0n) is 8.02. The van der Waals surface area contributed by atoms with E-state index in [1.807, 2.05) is 0 Å². The first-order valence-electron chi connectivity index (χ1n) is 4.50. The molecule has 0 N–H and O–H groups in total. The Hall–Kier alpha value is -0.220. The molecule has 2 atom stereocenters. The minimum Gasteiger partial charge on any atom is -0.196 e. The van der Waals surface area contributed by atoms with Crippen molar-refractivity contribution < 1.29 is 0 Å². The highest BCUT2D eigenvalue weighted by molar-refractivity contribution is 6.26. The van der Waals surface area contributed by atoms with E-state index in [9.17, 15) is 0 Å². The number of rotatable bonds is 0. The molecule has 1 rings (SSSR count). The molecular formula is C10H16ClN. The zero-order chi connectivity index (χ0) is 9.41. The zero-order valence-corrected chi connectivity index (χ0v) is 8.78. The summed E-state index contributed by atoms with van der Waals surface area (Å²) < 4.78 is 0. The summed E-state index contributed by atoms with van der Waals surface area (Å²) >= 11 is 6.18. The molecule has 68 valence electrons. The molecule has 2 unspecified atom stereocenters. The summed E-state index contributed by atoms with van der Waals surface area (Å²) in [5.41, 5.74) is 0.370. The van der Waals surface area contributed by atoms with Crippen LogP contribution < -0.4 is 0 Å². The number of nitriles is 1. The molecule has 1 aliphatic rings. The van der Waals surface area contributed by atoms with Crippen LogP contribution in [0.15, 0.2) is 0 Å². The lowest BCUT2D eigenvalue weighted by Crippen LogP contribution is -2.38. The van der Waals surface area contributed by atoms with Gasteiger partial charge < -0.3 is 0 Å². The van der Waals surface area contributed by atoms with Crippen LogP contribution in [0.5, 0.6) is 0 Å². The molecule has 0 aliphatic heterocycles. The topological polar surface area (TPSA) is 23.8 Å². The van der Waals surface area contributed by atoms with Gasteiger partial charge in [0, 0.05) is 0 Å². The van der Waals surface area contributed by atoms with Crippen LogP contribution in [0.2, 0.25) is 0 Å². The summed E-state index contributed by atoms with van der Waals surface area (Å²) in [5.74, 6) is 0.313. The molecule has 0 spiro atoms. The predicted molar refractivity (Wildman–Crippen MR) is 51.0 cm³/mol. The van der Waals surface area contributed by atoms with Gasteiger partial charge in [-0.05, 0) is 30.6 Å². The van der Waals surface area contributed by atoms with Crippen molar-refractivity contribution in [2.24, 2.45) is 11.3 Å². The average Bonchev–Trinajstić information content (AvgIpc) is 1.97. The summed E-state index contributed by atoms with van der Waals surface area (Å²) in [6.45, 7) is 6.58.